The molecule has 1 heterocycles. The molecule has 1 saturated carbocycles. The standard InChI is InChI=1S/C17H23FN2S/c1-19-10-16-13(11-20(2)12-6-3-4-7-12)17-14(18)8-5-9-15(17)21-16/h5,8-9,12,19H,3-4,6-7,10-11H2,1-2H3. The number of thiophene rings is 1. The van der Waals surface area contributed by atoms with Crippen LogP contribution in [0.15, 0.2) is 18.2 Å². The van der Waals surface area contributed by atoms with Crippen molar-refractivity contribution >= 4 is 21.4 Å². The Morgan fingerprint density at radius 1 is 1.33 bits per heavy atom. The van der Waals surface area contributed by atoms with Crippen molar-refractivity contribution in [3.8, 4) is 0 Å². The predicted molar refractivity (Wildman–Crippen MR) is 88.3 cm³/mol. The maximum absolute atomic E-state index is 14.3. The molecular weight excluding hydrogens is 283 g/mol. The average molecular weight is 306 g/mol. The van der Waals surface area contributed by atoms with Gasteiger partial charge in [-0.15, -0.1) is 11.3 Å². The van der Waals surface area contributed by atoms with Gasteiger partial charge in [0, 0.05) is 34.1 Å². The van der Waals surface area contributed by atoms with E-state index in [-0.39, 0.29) is 5.82 Å². The second-order valence-corrected chi connectivity index (χ2v) is 7.14. The van der Waals surface area contributed by atoms with Crippen LogP contribution < -0.4 is 5.32 Å². The van der Waals surface area contributed by atoms with Gasteiger partial charge in [0.2, 0.25) is 0 Å². The first kappa shape index (κ1) is 14.9. The molecule has 1 aromatic heterocycles. The third kappa shape index (κ3) is 2.98. The van der Waals surface area contributed by atoms with Gasteiger partial charge in [-0.25, -0.2) is 4.39 Å². The first-order valence-corrected chi connectivity index (χ1v) is 8.56. The van der Waals surface area contributed by atoms with E-state index in [0.29, 0.717) is 6.04 Å². The summed E-state index contributed by atoms with van der Waals surface area (Å²) in [7, 11) is 4.13. The van der Waals surface area contributed by atoms with Gasteiger partial charge in [0.1, 0.15) is 5.82 Å². The summed E-state index contributed by atoms with van der Waals surface area (Å²) >= 11 is 1.72. The molecule has 0 spiro atoms. The summed E-state index contributed by atoms with van der Waals surface area (Å²) < 4.78 is 15.4. The van der Waals surface area contributed by atoms with Gasteiger partial charge < -0.3 is 5.32 Å². The number of nitrogens with one attached hydrogen (secondary N) is 1. The molecule has 1 aromatic carbocycles. The molecule has 0 amide bonds. The molecule has 1 aliphatic carbocycles. The van der Waals surface area contributed by atoms with Crippen LogP contribution in [-0.2, 0) is 13.1 Å². The van der Waals surface area contributed by atoms with Crippen molar-refractivity contribution in [1.29, 1.82) is 0 Å². The number of hydrogen-bond donors (Lipinski definition) is 1. The molecule has 2 nitrogen and oxygen atoms in total. The average Bonchev–Trinajstić information content (AvgIpc) is 3.09. The minimum absolute atomic E-state index is 0.0825. The summed E-state index contributed by atoms with van der Waals surface area (Å²) in [5.74, 6) is -0.0825. The van der Waals surface area contributed by atoms with E-state index in [4.69, 9.17) is 0 Å². The zero-order valence-electron chi connectivity index (χ0n) is 12.8. The molecule has 1 N–H and O–H groups in total. The maximum atomic E-state index is 14.3. The van der Waals surface area contributed by atoms with Crippen LogP contribution in [-0.4, -0.2) is 25.0 Å². The van der Waals surface area contributed by atoms with Gasteiger partial charge in [-0.05, 0) is 44.6 Å². The SMILES string of the molecule is CNCc1sc2cccc(F)c2c1CN(C)C1CCCC1. The third-order valence-electron chi connectivity index (χ3n) is 4.54. The molecular formula is C17H23FN2S. The molecule has 0 atom stereocenters. The molecule has 21 heavy (non-hydrogen) atoms. The normalized spacial score (nSPS) is 16.4. The van der Waals surface area contributed by atoms with Gasteiger partial charge in [-0.2, -0.15) is 0 Å². The molecule has 1 fully saturated rings. The van der Waals surface area contributed by atoms with Crippen LogP contribution in [0.1, 0.15) is 36.1 Å². The Morgan fingerprint density at radius 2 is 2.10 bits per heavy atom. The van der Waals surface area contributed by atoms with Crippen molar-refractivity contribution in [2.45, 2.75) is 44.8 Å². The zero-order chi connectivity index (χ0) is 14.8. The van der Waals surface area contributed by atoms with E-state index in [0.717, 1.165) is 23.2 Å². The molecule has 2 aromatic rings. The second-order valence-electron chi connectivity index (χ2n) is 6.00. The number of hydrogen-bond acceptors (Lipinski definition) is 3. The largest absolute Gasteiger partial charge is 0.315 e. The Hall–Kier alpha value is -0.970. The van der Waals surface area contributed by atoms with Crippen molar-refractivity contribution in [3.63, 3.8) is 0 Å². The fraction of sp³-hybridized carbons (Fsp3) is 0.529. The van der Waals surface area contributed by atoms with E-state index < -0.39 is 0 Å². The Bertz CT molecular complexity index is 617. The highest BCUT2D eigenvalue weighted by Crippen LogP contribution is 2.35. The van der Waals surface area contributed by atoms with Crippen molar-refractivity contribution in [2.75, 3.05) is 14.1 Å². The summed E-state index contributed by atoms with van der Waals surface area (Å²) in [4.78, 5) is 3.68. The van der Waals surface area contributed by atoms with Gasteiger partial charge in [0.15, 0.2) is 0 Å². The Kier molecular flexibility index (Phi) is 4.57. The highest BCUT2D eigenvalue weighted by Gasteiger charge is 2.22. The Morgan fingerprint density at radius 3 is 2.81 bits per heavy atom. The van der Waals surface area contributed by atoms with Crippen LogP contribution >= 0.6 is 11.3 Å². The summed E-state index contributed by atoms with van der Waals surface area (Å²) in [6.45, 7) is 1.66. The van der Waals surface area contributed by atoms with E-state index >= 15 is 0 Å². The number of nitrogens with zero attached hydrogens (tertiary/aromatic N) is 1. The van der Waals surface area contributed by atoms with E-state index in [1.165, 1.54) is 36.1 Å². The van der Waals surface area contributed by atoms with E-state index in [2.05, 4.69) is 17.3 Å². The lowest BCUT2D eigenvalue weighted by atomic mass is 10.1. The lowest BCUT2D eigenvalue weighted by molar-refractivity contribution is 0.237. The minimum Gasteiger partial charge on any atom is -0.315 e. The highest BCUT2D eigenvalue weighted by molar-refractivity contribution is 7.19. The van der Waals surface area contributed by atoms with Crippen molar-refractivity contribution in [2.24, 2.45) is 0 Å². The lowest BCUT2D eigenvalue weighted by Crippen LogP contribution is -2.29. The van der Waals surface area contributed by atoms with E-state index in [1.54, 1.807) is 17.4 Å². The number of rotatable bonds is 5. The summed E-state index contributed by atoms with van der Waals surface area (Å²) in [5, 5.41) is 4.05. The van der Waals surface area contributed by atoms with Gasteiger partial charge >= 0.3 is 0 Å². The van der Waals surface area contributed by atoms with Crippen LogP contribution in [0.3, 0.4) is 0 Å². The fourth-order valence-corrected chi connectivity index (χ4v) is 4.65. The molecule has 0 aliphatic heterocycles. The topological polar surface area (TPSA) is 15.3 Å². The first-order valence-electron chi connectivity index (χ1n) is 7.74. The lowest BCUT2D eigenvalue weighted by Gasteiger charge is -2.24. The molecule has 4 heteroatoms. The summed E-state index contributed by atoms with van der Waals surface area (Å²) in [5.41, 5.74) is 1.18. The smallest absolute Gasteiger partial charge is 0.132 e. The van der Waals surface area contributed by atoms with E-state index in [9.17, 15) is 4.39 Å². The molecule has 0 bridgehead atoms. The molecule has 3 rings (SSSR count). The number of benzene rings is 1. The van der Waals surface area contributed by atoms with Crippen molar-refractivity contribution in [1.82, 2.24) is 10.2 Å². The van der Waals surface area contributed by atoms with Gasteiger partial charge in [-0.3, -0.25) is 4.90 Å². The summed E-state index contributed by atoms with van der Waals surface area (Å²) in [6, 6.07) is 6.08. The van der Waals surface area contributed by atoms with E-state index in [1.807, 2.05) is 19.2 Å². The maximum Gasteiger partial charge on any atom is 0.132 e. The number of halogens is 1. The van der Waals surface area contributed by atoms with Crippen LogP contribution in [0.5, 0.6) is 0 Å². The zero-order valence-corrected chi connectivity index (χ0v) is 13.6. The van der Waals surface area contributed by atoms with Crippen LogP contribution in [0, 0.1) is 5.82 Å². The predicted octanol–water partition coefficient (Wildman–Crippen LogP) is 4.13. The quantitative estimate of drug-likeness (QED) is 0.893. The monoisotopic (exact) mass is 306 g/mol. The van der Waals surface area contributed by atoms with Gasteiger partial charge in [0.25, 0.3) is 0 Å². The highest BCUT2D eigenvalue weighted by atomic mass is 32.1. The molecule has 114 valence electrons. The Balaban J connectivity index is 1.96. The minimum atomic E-state index is -0.0825. The van der Waals surface area contributed by atoms with Gasteiger partial charge in [-0.1, -0.05) is 18.9 Å². The fourth-order valence-electron chi connectivity index (χ4n) is 3.41. The third-order valence-corrected chi connectivity index (χ3v) is 5.74. The van der Waals surface area contributed by atoms with Crippen LogP contribution in [0.4, 0.5) is 4.39 Å². The molecule has 1 aliphatic rings. The molecule has 0 unspecified atom stereocenters. The molecule has 0 saturated heterocycles. The summed E-state index contributed by atoms with van der Waals surface area (Å²) in [6.07, 6.45) is 5.22. The van der Waals surface area contributed by atoms with Gasteiger partial charge in [0.05, 0.1) is 0 Å². The first-order chi connectivity index (χ1) is 10.2. The Labute approximate surface area is 130 Å². The molecule has 0 radical (unpaired) electrons. The van der Waals surface area contributed by atoms with Crippen molar-refractivity contribution in [3.05, 3.63) is 34.5 Å². The second kappa shape index (κ2) is 6.42. The van der Waals surface area contributed by atoms with Crippen LogP contribution in [0.2, 0.25) is 0 Å². The number of fused-ring (bicyclic) bond motifs is 1. The van der Waals surface area contributed by atoms with Crippen LogP contribution in [0.25, 0.3) is 10.1 Å². The van der Waals surface area contributed by atoms with Crippen molar-refractivity contribution < 1.29 is 4.39 Å².